The van der Waals surface area contributed by atoms with Gasteiger partial charge in [-0.15, -0.1) is 0 Å². The van der Waals surface area contributed by atoms with E-state index in [1.807, 2.05) is 13.8 Å². The molecule has 2 rings (SSSR count). The largest absolute Gasteiger partial charge is 0.481 e. The molecule has 2 aromatic rings. The van der Waals surface area contributed by atoms with Gasteiger partial charge in [0.2, 0.25) is 0 Å². The molecule has 0 aliphatic heterocycles. The smallest absolute Gasteiger partial charge is 0.261 e. The quantitative estimate of drug-likeness (QED) is 0.877. The summed E-state index contributed by atoms with van der Waals surface area (Å²) in [5, 5.41) is 3.48. The molecule has 0 aliphatic carbocycles. The minimum atomic E-state index is -0.655. The highest BCUT2D eigenvalue weighted by Crippen LogP contribution is 2.23. The Labute approximate surface area is 140 Å². The van der Waals surface area contributed by atoms with Gasteiger partial charge in [-0.05, 0) is 62.2 Å². The second-order valence-corrected chi connectivity index (χ2v) is 5.89. The number of halogens is 2. The Morgan fingerprint density at radius 1 is 1.17 bits per heavy atom. The van der Waals surface area contributed by atoms with Crippen LogP contribution < -0.4 is 10.1 Å². The van der Waals surface area contributed by atoms with Crippen LogP contribution in [0.3, 0.4) is 0 Å². The van der Waals surface area contributed by atoms with Gasteiger partial charge in [-0.1, -0.05) is 23.7 Å². The molecule has 0 fully saturated rings. The van der Waals surface area contributed by atoms with Crippen molar-refractivity contribution in [2.75, 3.05) is 0 Å². The molecule has 0 heterocycles. The van der Waals surface area contributed by atoms with Crippen molar-refractivity contribution >= 4 is 17.5 Å². The highest BCUT2D eigenvalue weighted by molar-refractivity contribution is 6.30. The zero-order chi connectivity index (χ0) is 17.0. The Balaban J connectivity index is 1.98. The maximum absolute atomic E-state index is 12.9. The molecule has 3 nitrogen and oxygen atoms in total. The second kappa shape index (κ2) is 7.47. The van der Waals surface area contributed by atoms with Gasteiger partial charge < -0.3 is 10.1 Å². The van der Waals surface area contributed by atoms with E-state index in [0.29, 0.717) is 10.8 Å². The van der Waals surface area contributed by atoms with E-state index in [-0.39, 0.29) is 17.8 Å². The molecule has 122 valence electrons. The van der Waals surface area contributed by atoms with Crippen molar-refractivity contribution in [2.24, 2.45) is 0 Å². The van der Waals surface area contributed by atoms with Crippen LogP contribution >= 0.6 is 11.6 Å². The van der Waals surface area contributed by atoms with Gasteiger partial charge >= 0.3 is 0 Å². The number of hydrogen-bond donors (Lipinski definition) is 1. The Morgan fingerprint density at radius 3 is 2.43 bits per heavy atom. The van der Waals surface area contributed by atoms with E-state index in [1.54, 1.807) is 37.3 Å². The van der Waals surface area contributed by atoms with Crippen LogP contribution in [0.5, 0.6) is 5.75 Å². The van der Waals surface area contributed by atoms with Crippen molar-refractivity contribution in [1.82, 2.24) is 5.32 Å². The second-order valence-electron chi connectivity index (χ2n) is 5.45. The van der Waals surface area contributed by atoms with Crippen LogP contribution in [0.25, 0.3) is 0 Å². The maximum Gasteiger partial charge on any atom is 0.261 e. The number of ether oxygens (including phenoxy) is 1. The normalized spacial score (nSPS) is 13.3. The average Bonchev–Trinajstić information content (AvgIpc) is 2.50. The number of aryl methyl sites for hydroxylation is 1. The SMILES string of the molecule is Cc1cc(Cl)ccc1O[C@@H](C)C(=O)N[C@@H](C)c1ccc(F)cc1. The lowest BCUT2D eigenvalue weighted by Gasteiger charge is -2.20. The fourth-order valence-corrected chi connectivity index (χ4v) is 2.38. The maximum atomic E-state index is 12.9. The van der Waals surface area contributed by atoms with Crippen LogP contribution in [0, 0.1) is 12.7 Å². The first kappa shape index (κ1) is 17.3. The lowest BCUT2D eigenvalue weighted by molar-refractivity contribution is -0.127. The Hall–Kier alpha value is -2.07. The first-order chi connectivity index (χ1) is 10.9. The summed E-state index contributed by atoms with van der Waals surface area (Å²) in [7, 11) is 0. The summed E-state index contributed by atoms with van der Waals surface area (Å²) in [5.41, 5.74) is 1.69. The first-order valence-electron chi connectivity index (χ1n) is 7.35. The van der Waals surface area contributed by atoms with Crippen LogP contribution in [0.2, 0.25) is 5.02 Å². The number of hydrogen-bond acceptors (Lipinski definition) is 2. The van der Waals surface area contributed by atoms with E-state index >= 15 is 0 Å². The topological polar surface area (TPSA) is 38.3 Å². The molecule has 0 bridgehead atoms. The van der Waals surface area contributed by atoms with E-state index in [4.69, 9.17) is 16.3 Å². The lowest BCUT2D eigenvalue weighted by Crippen LogP contribution is -2.37. The van der Waals surface area contributed by atoms with Crippen molar-refractivity contribution in [3.05, 3.63) is 64.4 Å². The average molecular weight is 336 g/mol. The number of rotatable bonds is 5. The number of carbonyl (C=O) groups is 1. The first-order valence-corrected chi connectivity index (χ1v) is 7.73. The van der Waals surface area contributed by atoms with Gasteiger partial charge in [0.05, 0.1) is 6.04 Å². The minimum Gasteiger partial charge on any atom is -0.481 e. The molecule has 5 heteroatoms. The highest BCUT2D eigenvalue weighted by Gasteiger charge is 2.18. The minimum absolute atomic E-state index is 0.236. The third-order valence-corrected chi connectivity index (χ3v) is 3.77. The van der Waals surface area contributed by atoms with Gasteiger partial charge in [-0.3, -0.25) is 4.79 Å². The van der Waals surface area contributed by atoms with Gasteiger partial charge in [0, 0.05) is 5.02 Å². The van der Waals surface area contributed by atoms with E-state index in [0.717, 1.165) is 11.1 Å². The monoisotopic (exact) mass is 335 g/mol. The van der Waals surface area contributed by atoms with E-state index in [9.17, 15) is 9.18 Å². The lowest BCUT2D eigenvalue weighted by atomic mass is 10.1. The number of amides is 1. The predicted molar refractivity (Wildman–Crippen MR) is 89.2 cm³/mol. The molecule has 2 aromatic carbocycles. The Kier molecular flexibility index (Phi) is 5.61. The Morgan fingerprint density at radius 2 is 1.83 bits per heavy atom. The number of carbonyl (C=O) groups excluding carboxylic acids is 1. The van der Waals surface area contributed by atoms with Crippen LogP contribution in [-0.4, -0.2) is 12.0 Å². The molecule has 23 heavy (non-hydrogen) atoms. The third kappa shape index (κ3) is 4.70. The highest BCUT2D eigenvalue weighted by atomic mass is 35.5. The fraction of sp³-hybridized carbons (Fsp3) is 0.278. The molecule has 0 aliphatic rings. The van der Waals surface area contributed by atoms with Gasteiger partial charge in [0.15, 0.2) is 6.10 Å². The molecule has 0 aromatic heterocycles. The van der Waals surface area contributed by atoms with Crippen LogP contribution in [0.1, 0.15) is 31.0 Å². The molecular formula is C18H19ClFNO2. The van der Waals surface area contributed by atoms with Gasteiger partial charge in [0.25, 0.3) is 5.91 Å². The summed E-state index contributed by atoms with van der Waals surface area (Å²) in [6, 6.07) is 11.0. The van der Waals surface area contributed by atoms with E-state index in [1.165, 1.54) is 12.1 Å². The van der Waals surface area contributed by atoms with Crippen LogP contribution in [-0.2, 0) is 4.79 Å². The van der Waals surface area contributed by atoms with Crippen LogP contribution in [0.15, 0.2) is 42.5 Å². The van der Waals surface area contributed by atoms with Gasteiger partial charge in [-0.25, -0.2) is 4.39 Å². The molecule has 1 amide bonds. The molecule has 0 unspecified atom stereocenters. The Bertz CT molecular complexity index is 688. The van der Waals surface area contributed by atoms with Crippen molar-refractivity contribution < 1.29 is 13.9 Å². The molecule has 0 saturated heterocycles. The summed E-state index contributed by atoms with van der Waals surface area (Å²) in [6.45, 7) is 5.39. The molecular weight excluding hydrogens is 317 g/mol. The molecule has 2 atom stereocenters. The molecule has 0 radical (unpaired) electrons. The number of benzene rings is 2. The predicted octanol–water partition coefficient (Wildman–Crippen LogP) is 4.43. The van der Waals surface area contributed by atoms with Crippen molar-refractivity contribution in [1.29, 1.82) is 0 Å². The summed E-state index contributed by atoms with van der Waals surface area (Å²) in [5.74, 6) is 0.0739. The van der Waals surface area contributed by atoms with Crippen LogP contribution in [0.4, 0.5) is 4.39 Å². The standard InChI is InChI=1S/C18H19ClFNO2/c1-11-10-15(19)6-9-17(11)23-13(3)18(22)21-12(2)14-4-7-16(20)8-5-14/h4-10,12-13H,1-3H3,(H,21,22)/t12-,13-/m0/s1. The van der Waals surface area contributed by atoms with E-state index < -0.39 is 6.10 Å². The van der Waals surface area contributed by atoms with Gasteiger partial charge in [-0.2, -0.15) is 0 Å². The summed E-state index contributed by atoms with van der Waals surface area (Å²) in [6.07, 6.45) is -0.655. The van der Waals surface area contributed by atoms with Crippen molar-refractivity contribution in [3.63, 3.8) is 0 Å². The fourth-order valence-electron chi connectivity index (χ4n) is 2.15. The number of nitrogens with one attached hydrogen (secondary N) is 1. The zero-order valence-corrected chi connectivity index (χ0v) is 14.0. The summed E-state index contributed by atoms with van der Waals surface area (Å²) >= 11 is 5.90. The molecule has 1 N–H and O–H groups in total. The van der Waals surface area contributed by atoms with Gasteiger partial charge in [0.1, 0.15) is 11.6 Å². The van der Waals surface area contributed by atoms with Crippen molar-refractivity contribution in [2.45, 2.75) is 32.9 Å². The summed E-state index contributed by atoms with van der Waals surface area (Å²) in [4.78, 5) is 12.2. The molecule has 0 spiro atoms. The zero-order valence-electron chi connectivity index (χ0n) is 13.3. The third-order valence-electron chi connectivity index (χ3n) is 3.54. The van der Waals surface area contributed by atoms with Crippen molar-refractivity contribution in [3.8, 4) is 5.75 Å². The van der Waals surface area contributed by atoms with E-state index in [2.05, 4.69) is 5.32 Å². The summed E-state index contributed by atoms with van der Waals surface area (Å²) < 4.78 is 18.6. The molecule has 0 saturated carbocycles.